The first-order chi connectivity index (χ1) is 7.78. The Morgan fingerprint density at radius 2 is 2.12 bits per heavy atom. The fraction of sp³-hybridized carbons (Fsp3) is 0.300. The van der Waals surface area contributed by atoms with Gasteiger partial charge in [0.1, 0.15) is 6.54 Å². The van der Waals surface area contributed by atoms with Crippen molar-refractivity contribution >= 4 is 17.4 Å². The number of carbonyl (C=O) groups excluding carboxylic acids is 1. The summed E-state index contributed by atoms with van der Waals surface area (Å²) in [6.45, 7) is -1.30. The van der Waals surface area contributed by atoms with Gasteiger partial charge in [0.2, 0.25) is 0 Å². The van der Waals surface area contributed by atoms with Gasteiger partial charge in [0.25, 0.3) is 0 Å². The van der Waals surface area contributed by atoms with E-state index in [2.05, 4.69) is 5.32 Å². The molecular weight excluding hydrogens is 235 g/mol. The lowest BCUT2D eigenvalue weighted by Crippen LogP contribution is -2.38. The summed E-state index contributed by atoms with van der Waals surface area (Å²) in [6.07, 6.45) is -4.41. The van der Waals surface area contributed by atoms with Crippen molar-refractivity contribution in [3.8, 4) is 0 Å². The van der Waals surface area contributed by atoms with Crippen molar-refractivity contribution in [2.45, 2.75) is 6.18 Å². The van der Waals surface area contributed by atoms with E-state index in [-0.39, 0.29) is 0 Å². The van der Waals surface area contributed by atoms with Crippen molar-refractivity contribution in [3.05, 3.63) is 24.3 Å². The number of nitrogens with one attached hydrogen (secondary N) is 1. The maximum Gasteiger partial charge on any atom is 0.406 e. The van der Waals surface area contributed by atoms with Crippen LogP contribution >= 0.6 is 0 Å². The number of halogens is 3. The van der Waals surface area contributed by atoms with Crippen molar-refractivity contribution in [3.63, 3.8) is 0 Å². The number of alkyl halides is 3. The Balaban J connectivity index is 2.60. The minimum atomic E-state index is -4.41. The monoisotopic (exact) mass is 247 g/mol. The van der Waals surface area contributed by atoms with Gasteiger partial charge in [-0.25, -0.2) is 4.79 Å². The number of nitrogens with two attached hydrogens (primary N) is 1. The summed E-state index contributed by atoms with van der Waals surface area (Å²) in [4.78, 5) is 11.9. The number of hydrogen-bond donors (Lipinski definition) is 2. The second kappa shape index (κ2) is 4.94. The molecule has 1 rings (SSSR count). The number of amides is 2. The van der Waals surface area contributed by atoms with Crippen LogP contribution < -0.4 is 11.1 Å². The van der Waals surface area contributed by atoms with Gasteiger partial charge in [-0.15, -0.1) is 0 Å². The number of benzene rings is 1. The zero-order chi connectivity index (χ0) is 13.1. The van der Waals surface area contributed by atoms with Crippen LogP contribution in [-0.2, 0) is 0 Å². The number of nitrogen functional groups attached to an aromatic ring is 1. The molecule has 94 valence electrons. The molecule has 0 unspecified atom stereocenters. The van der Waals surface area contributed by atoms with Gasteiger partial charge >= 0.3 is 12.2 Å². The molecule has 0 bridgehead atoms. The summed E-state index contributed by atoms with van der Waals surface area (Å²) < 4.78 is 36.1. The topological polar surface area (TPSA) is 58.4 Å². The first-order valence-corrected chi connectivity index (χ1v) is 4.72. The van der Waals surface area contributed by atoms with Crippen LogP contribution in [0.1, 0.15) is 0 Å². The maximum atomic E-state index is 12.0. The first kappa shape index (κ1) is 13.1. The predicted molar refractivity (Wildman–Crippen MR) is 58.6 cm³/mol. The van der Waals surface area contributed by atoms with E-state index in [9.17, 15) is 18.0 Å². The minimum absolute atomic E-state index is 0.351. The van der Waals surface area contributed by atoms with Crippen LogP contribution in [0.4, 0.5) is 29.3 Å². The lowest BCUT2D eigenvalue weighted by molar-refractivity contribution is -0.137. The molecule has 0 aliphatic heterocycles. The Morgan fingerprint density at radius 1 is 1.47 bits per heavy atom. The fourth-order valence-corrected chi connectivity index (χ4v) is 1.18. The van der Waals surface area contributed by atoms with Gasteiger partial charge in [-0.1, -0.05) is 6.07 Å². The summed E-state index contributed by atoms with van der Waals surface area (Å²) in [6, 6.07) is 5.35. The Labute approximate surface area is 96.2 Å². The standard InChI is InChI=1S/C10H12F3N3O/c1-16(6-10(11,12)13)9(17)15-8-4-2-3-7(14)5-8/h2-5H,6,14H2,1H3,(H,15,17). The van der Waals surface area contributed by atoms with E-state index in [4.69, 9.17) is 5.73 Å². The highest BCUT2D eigenvalue weighted by atomic mass is 19.4. The molecule has 0 heterocycles. The Morgan fingerprint density at radius 3 is 2.65 bits per heavy atom. The predicted octanol–water partition coefficient (Wildman–Crippen LogP) is 2.29. The SMILES string of the molecule is CN(CC(F)(F)F)C(=O)Nc1cccc(N)c1. The van der Waals surface area contributed by atoms with Crippen molar-refractivity contribution in [1.82, 2.24) is 4.90 Å². The minimum Gasteiger partial charge on any atom is -0.399 e. The molecule has 7 heteroatoms. The van der Waals surface area contributed by atoms with E-state index >= 15 is 0 Å². The molecule has 4 nitrogen and oxygen atoms in total. The third kappa shape index (κ3) is 4.62. The molecule has 0 aromatic heterocycles. The van der Waals surface area contributed by atoms with Crippen LogP contribution in [0.25, 0.3) is 0 Å². The summed E-state index contributed by atoms with van der Waals surface area (Å²) in [5, 5.41) is 2.31. The molecule has 1 aromatic carbocycles. The number of anilines is 2. The molecule has 0 spiro atoms. The van der Waals surface area contributed by atoms with E-state index < -0.39 is 18.8 Å². The van der Waals surface area contributed by atoms with E-state index in [0.717, 1.165) is 7.05 Å². The zero-order valence-electron chi connectivity index (χ0n) is 9.08. The van der Waals surface area contributed by atoms with Crippen LogP contribution in [-0.4, -0.2) is 30.7 Å². The van der Waals surface area contributed by atoms with Gasteiger partial charge in [0, 0.05) is 18.4 Å². The molecular formula is C10H12F3N3O. The van der Waals surface area contributed by atoms with Crippen molar-refractivity contribution in [2.75, 3.05) is 24.6 Å². The molecule has 0 saturated heterocycles. The first-order valence-electron chi connectivity index (χ1n) is 4.72. The van der Waals surface area contributed by atoms with Crippen LogP contribution in [0.15, 0.2) is 24.3 Å². The van der Waals surface area contributed by atoms with Gasteiger partial charge in [-0.3, -0.25) is 0 Å². The highest BCUT2D eigenvalue weighted by molar-refractivity contribution is 5.89. The van der Waals surface area contributed by atoms with E-state index in [1.165, 1.54) is 12.1 Å². The van der Waals surface area contributed by atoms with E-state index in [1.54, 1.807) is 12.1 Å². The lowest BCUT2D eigenvalue weighted by atomic mass is 10.3. The van der Waals surface area contributed by atoms with E-state index in [1.807, 2.05) is 0 Å². The smallest absolute Gasteiger partial charge is 0.399 e. The van der Waals surface area contributed by atoms with E-state index in [0.29, 0.717) is 16.3 Å². The molecule has 0 radical (unpaired) electrons. The van der Waals surface area contributed by atoms with Gasteiger partial charge in [-0.2, -0.15) is 13.2 Å². The average molecular weight is 247 g/mol. The van der Waals surface area contributed by atoms with Crippen molar-refractivity contribution in [2.24, 2.45) is 0 Å². The van der Waals surface area contributed by atoms with Crippen molar-refractivity contribution in [1.29, 1.82) is 0 Å². The van der Waals surface area contributed by atoms with Crippen LogP contribution in [0.2, 0.25) is 0 Å². The summed E-state index contributed by atoms with van der Waals surface area (Å²) in [7, 11) is 1.06. The number of carbonyl (C=O) groups is 1. The van der Waals surface area contributed by atoms with Gasteiger partial charge in [0.05, 0.1) is 0 Å². The number of rotatable bonds is 2. The third-order valence-corrected chi connectivity index (χ3v) is 1.90. The molecule has 0 saturated carbocycles. The summed E-state index contributed by atoms with van der Waals surface area (Å²) >= 11 is 0. The summed E-state index contributed by atoms with van der Waals surface area (Å²) in [5.41, 5.74) is 6.24. The van der Waals surface area contributed by atoms with Crippen LogP contribution in [0.5, 0.6) is 0 Å². The third-order valence-electron chi connectivity index (χ3n) is 1.90. The molecule has 2 amide bonds. The molecule has 17 heavy (non-hydrogen) atoms. The Hall–Kier alpha value is -1.92. The van der Waals surface area contributed by atoms with Crippen LogP contribution in [0, 0.1) is 0 Å². The maximum absolute atomic E-state index is 12.0. The highest BCUT2D eigenvalue weighted by Crippen LogP contribution is 2.17. The van der Waals surface area contributed by atoms with Crippen LogP contribution in [0.3, 0.4) is 0 Å². The highest BCUT2D eigenvalue weighted by Gasteiger charge is 2.31. The summed E-state index contributed by atoms with van der Waals surface area (Å²) in [5.74, 6) is 0. The Bertz CT molecular complexity index is 406. The zero-order valence-corrected chi connectivity index (χ0v) is 9.08. The quantitative estimate of drug-likeness (QED) is 0.788. The molecule has 0 aliphatic rings. The molecule has 1 aromatic rings. The fourth-order valence-electron chi connectivity index (χ4n) is 1.18. The second-order valence-electron chi connectivity index (χ2n) is 3.53. The molecule has 0 atom stereocenters. The Kier molecular flexibility index (Phi) is 3.82. The number of hydrogen-bond acceptors (Lipinski definition) is 2. The van der Waals surface area contributed by atoms with Gasteiger partial charge < -0.3 is 16.0 Å². The van der Waals surface area contributed by atoms with Gasteiger partial charge in [-0.05, 0) is 18.2 Å². The lowest BCUT2D eigenvalue weighted by Gasteiger charge is -2.19. The number of urea groups is 1. The molecule has 3 N–H and O–H groups in total. The largest absolute Gasteiger partial charge is 0.406 e. The number of nitrogens with zero attached hydrogens (tertiary/aromatic N) is 1. The molecule has 0 fully saturated rings. The van der Waals surface area contributed by atoms with Crippen molar-refractivity contribution < 1.29 is 18.0 Å². The average Bonchev–Trinajstić information content (AvgIpc) is 2.14. The normalized spacial score (nSPS) is 11.1. The molecule has 0 aliphatic carbocycles. The second-order valence-corrected chi connectivity index (χ2v) is 3.53. The van der Waals surface area contributed by atoms with Gasteiger partial charge in [0.15, 0.2) is 0 Å².